The summed E-state index contributed by atoms with van der Waals surface area (Å²) in [4.78, 5) is 15.0. The van der Waals surface area contributed by atoms with Crippen molar-refractivity contribution in [2.24, 2.45) is 0 Å². The Kier molecular flexibility index (Phi) is 4.44. The molecule has 122 valence electrons. The van der Waals surface area contributed by atoms with Gasteiger partial charge in [-0.15, -0.1) is 0 Å². The lowest BCUT2D eigenvalue weighted by Gasteiger charge is -2.17. The molecule has 0 spiro atoms. The Morgan fingerprint density at radius 2 is 2.08 bits per heavy atom. The number of rotatable bonds is 4. The van der Waals surface area contributed by atoms with Crippen LogP contribution in [0.15, 0.2) is 53.1 Å². The summed E-state index contributed by atoms with van der Waals surface area (Å²) in [5.74, 6) is -0.349. The van der Waals surface area contributed by atoms with Crippen LogP contribution < -0.4 is 5.32 Å². The van der Waals surface area contributed by atoms with Gasteiger partial charge in [0.05, 0.1) is 10.4 Å². The van der Waals surface area contributed by atoms with Gasteiger partial charge >= 0.3 is 5.69 Å². The molecular weight excluding hydrogens is 377 g/mol. The van der Waals surface area contributed by atoms with Gasteiger partial charge in [0.2, 0.25) is 0 Å². The number of hydrogen-bond donors (Lipinski definition) is 1. The van der Waals surface area contributed by atoms with Crippen molar-refractivity contribution in [3.05, 3.63) is 74.6 Å². The minimum atomic E-state index is -0.478. The van der Waals surface area contributed by atoms with E-state index in [0.717, 1.165) is 4.47 Å². The van der Waals surface area contributed by atoms with E-state index in [2.05, 4.69) is 26.2 Å². The van der Waals surface area contributed by atoms with E-state index in [9.17, 15) is 14.5 Å². The van der Waals surface area contributed by atoms with Gasteiger partial charge in [0.15, 0.2) is 0 Å². The number of nitrogens with zero attached hydrogens (tertiary/aromatic N) is 2. The molecule has 7 heteroatoms. The van der Waals surface area contributed by atoms with E-state index in [1.54, 1.807) is 24.3 Å². The highest BCUT2D eigenvalue weighted by Gasteiger charge is 2.20. The standard InChI is InChI=1S/C17H13BrFN3O2/c1-10(11-3-2-4-13(19)7-11)21-17-14-8-12(18)5-6-15(14)20-9-16(17)22(23)24/h2-10H,1H3,(H,20,21)/t10-/m0/s1. The van der Waals surface area contributed by atoms with Gasteiger partial charge in [-0.25, -0.2) is 9.37 Å². The van der Waals surface area contributed by atoms with Gasteiger partial charge in [-0.3, -0.25) is 10.1 Å². The summed E-state index contributed by atoms with van der Waals surface area (Å²) in [6, 6.07) is 11.2. The number of anilines is 1. The first-order chi connectivity index (χ1) is 11.5. The van der Waals surface area contributed by atoms with Gasteiger partial charge in [-0.2, -0.15) is 0 Å². The molecule has 24 heavy (non-hydrogen) atoms. The summed E-state index contributed by atoms with van der Waals surface area (Å²) in [5.41, 5.74) is 1.58. The molecule has 1 N–H and O–H groups in total. The summed E-state index contributed by atoms with van der Waals surface area (Å²) in [5, 5.41) is 15.1. The van der Waals surface area contributed by atoms with Crippen molar-refractivity contribution >= 4 is 38.2 Å². The van der Waals surface area contributed by atoms with Crippen LogP contribution in [0, 0.1) is 15.9 Å². The molecule has 0 amide bonds. The molecule has 2 aromatic carbocycles. The smallest absolute Gasteiger partial charge is 0.311 e. The molecule has 1 aromatic heterocycles. The maximum atomic E-state index is 13.4. The zero-order valence-corrected chi connectivity index (χ0v) is 14.2. The number of fused-ring (bicyclic) bond motifs is 1. The third kappa shape index (κ3) is 3.21. The van der Waals surface area contributed by atoms with Gasteiger partial charge in [0.25, 0.3) is 0 Å². The van der Waals surface area contributed by atoms with E-state index < -0.39 is 4.92 Å². The minimum Gasteiger partial charge on any atom is -0.372 e. The summed E-state index contributed by atoms with van der Waals surface area (Å²) < 4.78 is 14.2. The van der Waals surface area contributed by atoms with Gasteiger partial charge < -0.3 is 5.32 Å². The van der Waals surface area contributed by atoms with Crippen LogP contribution in [0.4, 0.5) is 15.8 Å². The van der Waals surface area contributed by atoms with Crippen LogP contribution in [0.5, 0.6) is 0 Å². The fourth-order valence-electron chi connectivity index (χ4n) is 2.52. The highest BCUT2D eigenvalue weighted by atomic mass is 79.9. The zero-order chi connectivity index (χ0) is 17.3. The van der Waals surface area contributed by atoms with Crippen LogP contribution in [0.3, 0.4) is 0 Å². The first kappa shape index (κ1) is 16.3. The number of nitro groups is 1. The largest absolute Gasteiger partial charge is 0.372 e. The number of aromatic nitrogens is 1. The van der Waals surface area contributed by atoms with Crippen molar-refractivity contribution in [2.45, 2.75) is 13.0 Å². The predicted molar refractivity (Wildman–Crippen MR) is 94.5 cm³/mol. The van der Waals surface area contributed by atoms with Crippen molar-refractivity contribution in [3.63, 3.8) is 0 Å². The van der Waals surface area contributed by atoms with Crippen LogP contribution in [-0.2, 0) is 0 Å². The summed E-state index contributed by atoms with van der Waals surface area (Å²) in [6.07, 6.45) is 1.23. The van der Waals surface area contributed by atoms with E-state index in [0.29, 0.717) is 22.2 Å². The first-order valence-electron chi connectivity index (χ1n) is 7.20. The summed E-state index contributed by atoms with van der Waals surface area (Å²) >= 11 is 3.37. The lowest BCUT2D eigenvalue weighted by Crippen LogP contribution is -2.09. The second kappa shape index (κ2) is 6.52. The molecular formula is C17H13BrFN3O2. The summed E-state index contributed by atoms with van der Waals surface area (Å²) in [7, 11) is 0. The number of benzene rings is 2. The average Bonchev–Trinajstić information content (AvgIpc) is 2.55. The van der Waals surface area contributed by atoms with Crippen molar-refractivity contribution in [2.75, 3.05) is 5.32 Å². The molecule has 3 rings (SSSR count). The van der Waals surface area contributed by atoms with E-state index in [4.69, 9.17) is 0 Å². The number of pyridine rings is 1. The maximum absolute atomic E-state index is 13.4. The van der Waals surface area contributed by atoms with Gasteiger partial charge in [-0.1, -0.05) is 28.1 Å². The summed E-state index contributed by atoms with van der Waals surface area (Å²) in [6.45, 7) is 1.82. The predicted octanol–water partition coefficient (Wildman–Crippen LogP) is 5.22. The Morgan fingerprint density at radius 3 is 2.79 bits per heavy atom. The van der Waals surface area contributed by atoms with E-state index in [1.165, 1.54) is 18.3 Å². The second-order valence-electron chi connectivity index (χ2n) is 5.36. The molecule has 1 atom stereocenters. The Bertz CT molecular complexity index is 933. The van der Waals surface area contributed by atoms with Crippen molar-refractivity contribution < 1.29 is 9.31 Å². The molecule has 5 nitrogen and oxygen atoms in total. The highest BCUT2D eigenvalue weighted by molar-refractivity contribution is 9.10. The number of halogens is 2. The fourth-order valence-corrected chi connectivity index (χ4v) is 2.88. The van der Waals surface area contributed by atoms with Gasteiger partial charge in [0, 0.05) is 15.9 Å². The topological polar surface area (TPSA) is 68.1 Å². The van der Waals surface area contributed by atoms with Crippen LogP contribution in [0.25, 0.3) is 10.9 Å². The van der Waals surface area contributed by atoms with E-state index in [1.807, 2.05) is 13.0 Å². The monoisotopic (exact) mass is 389 g/mol. The maximum Gasteiger partial charge on any atom is 0.311 e. The molecule has 0 fully saturated rings. The normalized spacial score (nSPS) is 12.1. The molecule has 0 unspecified atom stereocenters. The van der Waals surface area contributed by atoms with Crippen LogP contribution in [0.2, 0.25) is 0 Å². The average molecular weight is 390 g/mol. The third-order valence-electron chi connectivity index (χ3n) is 3.72. The van der Waals surface area contributed by atoms with Crippen molar-refractivity contribution in [1.82, 2.24) is 4.98 Å². The highest BCUT2D eigenvalue weighted by Crippen LogP contribution is 2.35. The molecule has 0 radical (unpaired) electrons. The van der Waals surface area contributed by atoms with Crippen molar-refractivity contribution in [3.8, 4) is 0 Å². The van der Waals surface area contributed by atoms with Crippen LogP contribution in [0.1, 0.15) is 18.5 Å². The lowest BCUT2D eigenvalue weighted by molar-refractivity contribution is -0.384. The molecule has 3 aromatic rings. The van der Waals surface area contributed by atoms with Crippen LogP contribution >= 0.6 is 15.9 Å². The zero-order valence-electron chi connectivity index (χ0n) is 12.7. The molecule has 0 aliphatic rings. The number of hydrogen-bond acceptors (Lipinski definition) is 4. The van der Waals surface area contributed by atoms with Crippen molar-refractivity contribution in [1.29, 1.82) is 0 Å². The lowest BCUT2D eigenvalue weighted by atomic mass is 10.1. The molecule has 0 bridgehead atoms. The third-order valence-corrected chi connectivity index (χ3v) is 4.21. The quantitative estimate of drug-likeness (QED) is 0.490. The van der Waals surface area contributed by atoms with Gasteiger partial charge in [-0.05, 0) is 42.8 Å². The number of nitrogens with one attached hydrogen (secondary N) is 1. The minimum absolute atomic E-state index is 0.121. The van der Waals surface area contributed by atoms with E-state index >= 15 is 0 Å². The molecule has 0 saturated heterocycles. The van der Waals surface area contributed by atoms with E-state index in [-0.39, 0.29) is 17.5 Å². The molecule has 0 aliphatic carbocycles. The molecule has 0 saturated carbocycles. The Hall–Kier alpha value is -2.54. The molecule has 1 heterocycles. The first-order valence-corrected chi connectivity index (χ1v) is 7.99. The second-order valence-corrected chi connectivity index (χ2v) is 6.27. The van der Waals surface area contributed by atoms with Gasteiger partial charge in [0.1, 0.15) is 17.7 Å². The Labute approximate surface area is 145 Å². The SMILES string of the molecule is C[C@H](Nc1c([N+](=O)[O-])cnc2ccc(Br)cc12)c1cccc(F)c1. The van der Waals surface area contributed by atoms with Crippen LogP contribution in [-0.4, -0.2) is 9.91 Å². The Balaban J connectivity index is 2.11. The fraction of sp³-hybridized carbons (Fsp3) is 0.118. The molecule has 0 aliphatic heterocycles. The Morgan fingerprint density at radius 1 is 1.29 bits per heavy atom.